The van der Waals surface area contributed by atoms with Gasteiger partial charge >= 0.3 is 6.09 Å². The lowest BCUT2D eigenvalue weighted by atomic mass is 9.87. The van der Waals surface area contributed by atoms with Crippen LogP contribution in [0, 0.1) is 23.4 Å². The molecular formula is C20H21F3N2O4. The van der Waals surface area contributed by atoms with Gasteiger partial charge in [-0.2, -0.15) is 0 Å². The lowest BCUT2D eigenvalue weighted by molar-refractivity contribution is 0.00459. The van der Waals surface area contributed by atoms with Crippen molar-refractivity contribution in [2.45, 2.75) is 37.9 Å². The molecular weight excluding hydrogens is 389 g/mol. The lowest BCUT2D eigenvalue weighted by Crippen LogP contribution is -2.44. The lowest BCUT2D eigenvalue weighted by Gasteiger charge is -2.31. The van der Waals surface area contributed by atoms with E-state index in [1.807, 2.05) is 5.32 Å². The van der Waals surface area contributed by atoms with Crippen molar-refractivity contribution in [2.24, 2.45) is 5.92 Å². The molecule has 1 amide bonds. The van der Waals surface area contributed by atoms with Crippen molar-refractivity contribution < 1.29 is 33.3 Å². The molecule has 0 radical (unpaired) electrons. The zero-order valence-electron chi connectivity index (χ0n) is 15.8. The van der Waals surface area contributed by atoms with Crippen LogP contribution in [0.5, 0.6) is 0 Å². The van der Waals surface area contributed by atoms with Crippen LogP contribution in [-0.2, 0) is 11.2 Å². The quantitative estimate of drug-likeness (QED) is 0.586. The molecule has 0 spiro atoms. The molecule has 1 aromatic carbocycles. The van der Waals surface area contributed by atoms with Crippen molar-refractivity contribution >= 4 is 6.09 Å². The van der Waals surface area contributed by atoms with Gasteiger partial charge in [0.25, 0.3) is 0 Å². The molecule has 1 saturated carbocycles. The summed E-state index contributed by atoms with van der Waals surface area (Å²) in [4.78, 5) is 14.9. The number of aromatic nitrogens is 1. The summed E-state index contributed by atoms with van der Waals surface area (Å²) in [5.74, 6) is -3.45. The van der Waals surface area contributed by atoms with Gasteiger partial charge in [-0.3, -0.25) is 0 Å². The van der Waals surface area contributed by atoms with Crippen molar-refractivity contribution in [3.63, 3.8) is 0 Å². The fourth-order valence-corrected chi connectivity index (χ4v) is 3.36. The molecule has 4 N–H and O–H groups in total. The van der Waals surface area contributed by atoms with Gasteiger partial charge in [0.2, 0.25) is 0 Å². The number of benzene rings is 1. The highest BCUT2D eigenvalue weighted by atomic mass is 19.1. The maximum absolute atomic E-state index is 15.3. The summed E-state index contributed by atoms with van der Waals surface area (Å²) in [5, 5.41) is 32.5. The monoisotopic (exact) mass is 410 g/mol. The minimum atomic E-state index is -2.04. The van der Waals surface area contributed by atoms with E-state index in [0.29, 0.717) is 12.8 Å². The zero-order valence-corrected chi connectivity index (χ0v) is 15.8. The van der Waals surface area contributed by atoms with E-state index in [9.17, 15) is 19.4 Å². The van der Waals surface area contributed by atoms with Gasteiger partial charge in [-0.15, -0.1) is 0 Å². The predicted molar refractivity (Wildman–Crippen MR) is 97.4 cm³/mol. The molecule has 0 bridgehead atoms. The number of carboxylic acid groups (broad SMARTS) is 1. The molecule has 9 heteroatoms. The molecule has 1 unspecified atom stereocenters. The molecule has 1 heterocycles. The van der Waals surface area contributed by atoms with Gasteiger partial charge < -0.3 is 20.6 Å². The smallest absolute Gasteiger partial charge is 0.404 e. The summed E-state index contributed by atoms with van der Waals surface area (Å²) in [6, 6.07) is 4.62. The fraction of sp³-hybridized carbons (Fsp3) is 0.400. The predicted octanol–water partition coefficient (Wildman–Crippen LogP) is 3.26. The number of rotatable bonds is 6. The molecule has 29 heavy (non-hydrogen) atoms. The van der Waals surface area contributed by atoms with Crippen molar-refractivity contribution in [1.29, 1.82) is 0 Å². The van der Waals surface area contributed by atoms with E-state index in [1.165, 1.54) is 26.0 Å². The molecule has 0 aliphatic heterocycles. The van der Waals surface area contributed by atoms with Gasteiger partial charge in [-0.05, 0) is 56.9 Å². The molecule has 6 nitrogen and oxygen atoms in total. The number of nitrogens with one attached hydrogen (secondary N) is 1. The third-order valence-corrected chi connectivity index (χ3v) is 4.98. The van der Waals surface area contributed by atoms with E-state index in [0.717, 1.165) is 12.1 Å². The summed E-state index contributed by atoms with van der Waals surface area (Å²) in [6.07, 6.45) is -0.423. The molecule has 1 aromatic heterocycles. The van der Waals surface area contributed by atoms with E-state index in [4.69, 9.17) is 5.11 Å². The Morgan fingerprint density at radius 2 is 1.72 bits per heavy atom. The molecule has 1 aliphatic rings. The molecule has 1 aliphatic carbocycles. The number of hydrogen-bond acceptors (Lipinski definition) is 4. The maximum Gasteiger partial charge on any atom is 0.404 e. The molecule has 3 rings (SSSR count). The van der Waals surface area contributed by atoms with E-state index in [2.05, 4.69) is 4.98 Å². The first-order valence-electron chi connectivity index (χ1n) is 9.02. The average molecular weight is 410 g/mol. The Labute approximate surface area is 165 Å². The average Bonchev–Trinajstić information content (AvgIpc) is 3.45. The first-order chi connectivity index (χ1) is 13.4. The third-order valence-electron chi connectivity index (χ3n) is 4.98. The highest BCUT2D eigenvalue weighted by Crippen LogP contribution is 2.47. The second-order valence-electron chi connectivity index (χ2n) is 7.74. The largest absolute Gasteiger partial charge is 0.465 e. The molecule has 1 atom stereocenters. The van der Waals surface area contributed by atoms with Gasteiger partial charge in [0, 0.05) is 5.56 Å². The molecule has 156 valence electrons. The number of hydrogen-bond donors (Lipinski definition) is 4. The SMILES string of the molecule is CC(C)(O)c1c(F)c(-c2ccc(F)cc2)nc(C(O)(CNC(=O)O)C2CC2)c1F. The van der Waals surface area contributed by atoms with Crippen LogP contribution < -0.4 is 5.32 Å². The summed E-state index contributed by atoms with van der Waals surface area (Å²) >= 11 is 0. The summed E-state index contributed by atoms with van der Waals surface area (Å²) < 4.78 is 43.8. The van der Waals surface area contributed by atoms with Crippen LogP contribution in [0.25, 0.3) is 11.3 Å². The van der Waals surface area contributed by atoms with Crippen molar-refractivity contribution in [2.75, 3.05) is 6.54 Å². The Kier molecular flexibility index (Phi) is 5.31. The minimum absolute atomic E-state index is 0.111. The zero-order chi connectivity index (χ0) is 21.6. The van der Waals surface area contributed by atoms with Gasteiger partial charge in [-0.25, -0.2) is 22.9 Å². The third kappa shape index (κ3) is 4.06. The Balaban J connectivity index is 2.27. The standard InChI is InChI=1S/C20H21F3N2O4/c1-19(2,28)13-14(22)16(10-3-7-12(21)8-4-10)25-17(15(13)23)20(29,11-5-6-11)9-24-18(26)27/h3-4,7-8,11,24,28-29H,5-6,9H2,1-2H3,(H,26,27). The van der Waals surface area contributed by atoms with Crippen LogP contribution in [0.3, 0.4) is 0 Å². The number of amides is 1. The summed E-state index contributed by atoms with van der Waals surface area (Å²) in [7, 11) is 0. The van der Waals surface area contributed by atoms with Gasteiger partial charge in [-0.1, -0.05) is 0 Å². The number of pyridine rings is 1. The van der Waals surface area contributed by atoms with Crippen molar-refractivity contribution in [1.82, 2.24) is 10.3 Å². The number of carbonyl (C=O) groups is 1. The number of aliphatic hydroxyl groups is 2. The van der Waals surface area contributed by atoms with E-state index >= 15 is 8.78 Å². The van der Waals surface area contributed by atoms with Crippen LogP contribution in [0.4, 0.5) is 18.0 Å². The topological polar surface area (TPSA) is 103 Å². The van der Waals surface area contributed by atoms with Crippen LogP contribution in [0.1, 0.15) is 37.9 Å². The van der Waals surface area contributed by atoms with E-state index in [-0.39, 0.29) is 11.3 Å². The number of halogens is 3. The highest BCUT2D eigenvalue weighted by Gasteiger charge is 2.49. The second-order valence-corrected chi connectivity index (χ2v) is 7.74. The van der Waals surface area contributed by atoms with Crippen LogP contribution in [0.15, 0.2) is 24.3 Å². The Bertz CT molecular complexity index is 940. The molecule has 1 fully saturated rings. The van der Waals surface area contributed by atoms with Crippen LogP contribution in [-0.4, -0.2) is 32.9 Å². The first-order valence-corrected chi connectivity index (χ1v) is 9.02. The summed E-state index contributed by atoms with van der Waals surface area (Å²) in [6.45, 7) is 1.80. The normalized spacial score (nSPS) is 16.4. The van der Waals surface area contributed by atoms with E-state index in [1.54, 1.807) is 0 Å². The highest BCUT2D eigenvalue weighted by molar-refractivity contribution is 5.65. The van der Waals surface area contributed by atoms with Crippen molar-refractivity contribution in [3.05, 3.63) is 53.0 Å². The second kappa shape index (κ2) is 7.31. The van der Waals surface area contributed by atoms with Crippen LogP contribution >= 0.6 is 0 Å². The van der Waals surface area contributed by atoms with Crippen molar-refractivity contribution in [3.8, 4) is 11.3 Å². The van der Waals surface area contributed by atoms with Gasteiger partial charge in [0.1, 0.15) is 22.8 Å². The Hall–Kier alpha value is -2.65. The summed E-state index contributed by atoms with van der Waals surface area (Å²) in [5.41, 5.74) is -5.55. The first kappa shape index (κ1) is 21.1. The van der Waals surface area contributed by atoms with Crippen LogP contribution in [0.2, 0.25) is 0 Å². The van der Waals surface area contributed by atoms with Gasteiger partial charge in [0.15, 0.2) is 11.6 Å². The Morgan fingerprint density at radius 1 is 1.14 bits per heavy atom. The fourth-order valence-electron chi connectivity index (χ4n) is 3.36. The Morgan fingerprint density at radius 3 is 2.21 bits per heavy atom. The van der Waals surface area contributed by atoms with Gasteiger partial charge in [0.05, 0.1) is 17.7 Å². The maximum atomic E-state index is 15.3. The minimum Gasteiger partial charge on any atom is -0.465 e. The number of nitrogens with zero attached hydrogens (tertiary/aromatic N) is 1. The van der Waals surface area contributed by atoms with E-state index < -0.39 is 58.5 Å². The molecule has 2 aromatic rings. The molecule has 0 saturated heterocycles.